The lowest BCUT2D eigenvalue weighted by molar-refractivity contribution is 0.0694. The highest BCUT2D eigenvalue weighted by molar-refractivity contribution is 5.73. The quantitative estimate of drug-likeness (QED) is 0.712. The number of rotatable bonds is 5. The number of nitriles is 1. The summed E-state index contributed by atoms with van der Waals surface area (Å²) in [4.78, 5) is 21.9. The summed E-state index contributed by atoms with van der Waals surface area (Å²) in [6.07, 6.45) is 2.96. The van der Waals surface area contributed by atoms with Crippen LogP contribution in [-0.2, 0) is 11.3 Å². The van der Waals surface area contributed by atoms with E-state index in [1.54, 1.807) is 29.0 Å². The molecule has 3 heterocycles. The van der Waals surface area contributed by atoms with E-state index in [1.807, 2.05) is 6.92 Å². The highest BCUT2D eigenvalue weighted by atomic mass is 19.1. The normalized spacial score (nSPS) is 14.8. The van der Waals surface area contributed by atoms with Crippen molar-refractivity contribution in [3.05, 3.63) is 46.0 Å². The molecule has 4 rings (SSSR count). The second-order valence-electron chi connectivity index (χ2n) is 7.01. The van der Waals surface area contributed by atoms with E-state index in [1.165, 1.54) is 4.57 Å². The maximum Gasteiger partial charge on any atom is 0.330 e. The van der Waals surface area contributed by atoms with Crippen LogP contribution in [-0.4, -0.2) is 39.0 Å². The third kappa shape index (κ3) is 3.59. The molecule has 3 aromatic rings. The van der Waals surface area contributed by atoms with Crippen LogP contribution < -0.4 is 11.0 Å². The Morgan fingerprint density at radius 3 is 2.86 bits per heavy atom. The van der Waals surface area contributed by atoms with Crippen molar-refractivity contribution in [1.29, 1.82) is 5.26 Å². The largest absolute Gasteiger partial charge is 0.381 e. The molecule has 1 aliphatic heterocycles. The van der Waals surface area contributed by atoms with Crippen molar-refractivity contribution in [3.63, 3.8) is 0 Å². The van der Waals surface area contributed by atoms with Crippen LogP contribution in [0.15, 0.2) is 29.2 Å². The summed E-state index contributed by atoms with van der Waals surface area (Å²) in [7, 11) is 0. The molecule has 0 unspecified atom stereocenters. The number of aromatic nitrogens is 4. The van der Waals surface area contributed by atoms with Crippen LogP contribution in [0, 0.1) is 18.3 Å². The van der Waals surface area contributed by atoms with Gasteiger partial charge >= 0.3 is 5.69 Å². The van der Waals surface area contributed by atoms with Crippen LogP contribution in [0.25, 0.3) is 11.2 Å². The van der Waals surface area contributed by atoms with Gasteiger partial charge in [0.1, 0.15) is 12.2 Å². The number of anilines is 2. The first kappa shape index (κ1) is 19.1. The molecule has 150 valence electrons. The summed E-state index contributed by atoms with van der Waals surface area (Å²) in [6, 6.07) is 7.34. The summed E-state index contributed by atoms with van der Waals surface area (Å²) < 4.78 is 21.5. The number of aryl methyl sites for hydroxylation is 2. The van der Waals surface area contributed by atoms with E-state index in [0.29, 0.717) is 48.7 Å². The Morgan fingerprint density at radius 1 is 1.38 bits per heavy atom. The number of hydrogen-bond acceptors (Lipinski definition) is 6. The van der Waals surface area contributed by atoms with Gasteiger partial charge in [0.2, 0.25) is 5.95 Å². The molecule has 0 saturated carbocycles. The van der Waals surface area contributed by atoms with Crippen LogP contribution in [0.1, 0.15) is 30.0 Å². The first-order chi connectivity index (χ1) is 14.1. The molecule has 0 bridgehead atoms. The van der Waals surface area contributed by atoms with Gasteiger partial charge in [-0.25, -0.2) is 14.2 Å². The molecule has 1 fully saturated rings. The van der Waals surface area contributed by atoms with Gasteiger partial charge in [0, 0.05) is 24.9 Å². The molecule has 8 nitrogen and oxygen atoms in total. The lowest BCUT2D eigenvalue weighted by atomic mass is 10.1. The van der Waals surface area contributed by atoms with E-state index in [0.717, 1.165) is 11.3 Å². The zero-order chi connectivity index (χ0) is 20.4. The second-order valence-corrected chi connectivity index (χ2v) is 7.01. The monoisotopic (exact) mass is 396 g/mol. The Hall–Kier alpha value is -3.25. The molecule has 2 aromatic heterocycles. The van der Waals surface area contributed by atoms with E-state index in [2.05, 4.69) is 21.4 Å². The van der Waals surface area contributed by atoms with Crippen molar-refractivity contribution in [1.82, 2.24) is 19.1 Å². The van der Waals surface area contributed by atoms with Crippen LogP contribution in [0.3, 0.4) is 0 Å². The Bertz CT molecular complexity index is 1140. The van der Waals surface area contributed by atoms with Gasteiger partial charge in [0.25, 0.3) is 0 Å². The Morgan fingerprint density at radius 2 is 2.17 bits per heavy atom. The van der Waals surface area contributed by atoms with Gasteiger partial charge in [0.15, 0.2) is 5.65 Å². The van der Waals surface area contributed by atoms with E-state index >= 15 is 0 Å². The Kier molecular flexibility index (Phi) is 5.27. The third-order valence-electron chi connectivity index (χ3n) is 5.17. The van der Waals surface area contributed by atoms with E-state index in [9.17, 15) is 9.18 Å². The van der Waals surface area contributed by atoms with Crippen LogP contribution in [0.4, 0.5) is 16.0 Å². The first-order valence-electron chi connectivity index (χ1n) is 9.51. The van der Waals surface area contributed by atoms with Crippen LogP contribution >= 0.6 is 0 Å². The lowest BCUT2D eigenvalue weighted by Crippen LogP contribution is -2.31. The van der Waals surface area contributed by atoms with Crippen molar-refractivity contribution in [2.45, 2.75) is 32.4 Å². The number of imidazole rings is 1. The number of halogens is 1. The fourth-order valence-corrected chi connectivity index (χ4v) is 3.69. The summed E-state index contributed by atoms with van der Waals surface area (Å²) in [5.41, 5.74) is 2.95. The number of hydrogen-bond donors (Lipinski definition) is 1. The molecule has 0 radical (unpaired) electrons. The number of ether oxygens (including phenoxy) is 1. The van der Waals surface area contributed by atoms with Gasteiger partial charge < -0.3 is 10.1 Å². The summed E-state index contributed by atoms with van der Waals surface area (Å²) >= 11 is 0. The van der Waals surface area contributed by atoms with Gasteiger partial charge in [-0.1, -0.05) is 0 Å². The number of benzene rings is 1. The van der Waals surface area contributed by atoms with Crippen molar-refractivity contribution >= 4 is 22.8 Å². The SMILES string of the molecule is Cc1cc(C#N)ccc1Nc1ncc2c(n1)n(C1CCOCC1)c(=O)n2CCF. The third-order valence-corrected chi connectivity index (χ3v) is 5.17. The molecular weight excluding hydrogens is 375 g/mol. The fourth-order valence-electron chi connectivity index (χ4n) is 3.69. The minimum atomic E-state index is -0.642. The lowest BCUT2D eigenvalue weighted by Gasteiger charge is -2.22. The Labute approximate surface area is 166 Å². The fraction of sp³-hybridized carbons (Fsp3) is 0.400. The van der Waals surface area contributed by atoms with E-state index < -0.39 is 6.67 Å². The molecule has 0 atom stereocenters. The minimum absolute atomic E-state index is 0.0313. The summed E-state index contributed by atoms with van der Waals surface area (Å²) in [6.45, 7) is 2.37. The zero-order valence-electron chi connectivity index (χ0n) is 16.1. The van der Waals surface area contributed by atoms with Crippen LogP contribution in [0.5, 0.6) is 0 Å². The zero-order valence-corrected chi connectivity index (χ0v) is 16.1. The average molecular weight is 396 g/mol. The Balaban J connectivity index is 1.78. The molecule has 9 heteroatoms. The molecule has 1 aliphatic rings. The van der Waals surface area contributed by atoms with Crippen molar-refractivity contribution < 1.29 is 9.13 Å². The van der Waals surface area contributed by atoms with E-state index in [-0.39, 0.29) is 18.3 Å². The second kappa shape index (κ2) is 8.01. The molecule has 1 aromatic carbocycles. The minimum Gasteiger partial charge on any atom is -0.381 e. The maximum absolute atomic E-state index is 13.0. The highest BCUT2D eigenvalue weighted by Gasteiger charge is 2.24. The molecule has 1 N–H and O–H groups in total. The van der Waals surface area contributed by atoms with Gasteiger partial charge in [-0.3, -0.25) is 9.13 Å². The predicted octanol–water partition coefficient (Wildman–Crippen LogP) is 2.84. The maximum atomic E-state index is 13.0. The van der Waals surface area contributed by atoms with Crippen LogP contribution in [0.2, 0.25) is 0 Å². The number of fused-ring (bicyclic) bond motifs is 1. The molecule has 29 heavy (non-hydrogen) atoms. The van der Waals surface area contributed by atoms with Gasteiger partial charge in [-0.15, -0.1) is 0 Å². The number of nitrogens with zero attached hydrogens (tertiary/aromatic N) is 5. The number of nitrogens with one attached hydrogen (secondary N) is 1. The summed E-state index contributed by atoms with van der Waals surface area (Å²) in [5, 5.41) is 12.2. The highest BCUT2D eigenvalue weighted by Crippen LogP contribution is 2.25. The molecule has 1 saturated heterocycles. The van der Waals surface area contributed by atoms with Crippen molar-refractivity contribution in [3.8, 4) is 6.07 Å². The molecule has 0 spiro atoms. The topological polar surface area (TPSA) is 97.8 Å². The van der Waals surface area contributed by atoms with Gasteiger partial charge in [-0.2, -0.15) is 10.2 Å². The van der Waals surface area contributed by atoms with E-state index in [4.69, 9.17) is 10.00 Å². The van der Waals surface area contributed by atoms with Crippen molar-refractivity contribution in [2.24, 2.45) is 0 Å². The molecular formula is C20H21FN6O2. The number of alkyl halides is 1. The average Bonchev–Trinajstić information content (AvgIpc) is 3.01. The smallest absolute Gasteiger partial charge is 0.330 e. The predicted molar refractivity (Wildman–Crippen MR) is 106 cm³/mol. The molecule has 0 aliphatic carbocycles. The summed E-state index contributed by atoms with van der Waals surface area (Å²) in [5.74, 6) is 0.337. The molecule has 0 amide bonds. The van der Waals surface area contributed by atoms with Crippen molar-refractivity contribution in [2.75, 3.05) is 25.2 Å². The van der Waals surface area contributed by atoms with Gasteiger partial charge in [0.05, 0.1) is 24.4 Å². The first-order valence-corrected chi connectivity index (χ1v) is 9.51. The standard InChI is InChI=1S/C20H21FN6O2/c1-13-10-14(11-22)2-3-16(13)24-19-23-12-17-18(25-19)27(15-4-8-29-9-5-15)20(28)26(17)7-6-21/h2-3,10,12,15H,4-9H2,1H3,(H,23,24,25). The van der Waals surface area contributed by atoms with Gasteiger partial charge in [-0.05, 0) is 43.5 Å².